The Balaban J connectivity index is 1.65. The summed E-state index contributed by atoms with van der Waals surface area (Å²) >= 11 is 5.84. The van der Waals surface area contributed by atoms with Crippen LogP contribution in [-0.4, -0.2) is 15.3 Å². The Morgan fingerprint density at radius 2 is 1.83 bits per heavy atom. The first kappa shape index (κ1) is 15.4. The van der Waals surface area contributed by atoms with Crippen molar-refractivity contribution in [1.29, 1.82) is 0 Å². The normalized spacial score (nSPS) is 14.1. The molecule has 0 radical (unpaired) electrons. The molecule has 4 heteroatoms. The van der Waals surface area contributed by atoms with Gasteiger partial charge in [-0.1, -0.05) is 30.3 Å². The first-order valence-electron chi connectivity index (χ1n) is 8.41. The predicted octanol–water partition coefficient (Wildman–Crippen LogP) is 4.54. The molecule has 0 aliphatic carbocycles. The Bertz CT molecular complexity index is 896. The average molecular weight is 339 g/mol. The van der Waals surface area contributed by atoms with Crippen LogP contribution in [-0.2, 0) is 25.3 Å². The largest absolute Gasteiger partial charge is 0.327 e. The maximum atomic E-state index is 12.3. The summed E-state index contributed by atoms with van der Waals surface area (Å²) in [5.41, 5.74) is 5.22. The molecule has 3 aromatic rings. The zero-order valence-corrected chi connectivity index (χ0v) is 14.2. The molecule has 3 nitrogen and oxygen atoms in total. The van der Waals surface area contributed by atoms with Gasteiger partial charge in [-0.25, -0.2) is 4.98 Å². The topological polar surface area (TPSA) is 34.9 Å². The molecule has 0 spiro atoms. The highest BCUT2D eigenvalue weighted by Gasteiger charge is 2.20. The van der Waals surface area contributed by atoms with Crippen molar-refractivity contribution >= 4 is 28.4 Å². The maximum absolute atomic E-state index is 12.3. The fourth-order valence-corrected chi connectivity index (χ4v) is 3.65. The summed E-state index contributed by atoms with van der Waals surface area (Å²) in [5, 5.41) is 0. The van der Waals surface area contributed by atoms with E-state index >= 15 is 0 Å². The summed E-state index contributed by atoms with van der Waals surface area (Å²) in [6, 6.07) is 14.3. The van der Waals surface area contributed by atoms with Gasteiger partial charge < -0.3 is 4.57 Å². The minimum Gasteiger partial charge on any atom is -0.327 e. The zero-order chi connectivity index (χ0) is 16.5. The van der Waals surface area contributed by atoms with Crippen LogP contribution >= 0.6 is 11.6 Å². The van der Waals surface area contributed by atoms with Crippen LogP contribution in [0.25, 0.3) is 11.0 Å². The second kappa shape index (κ2) is 6.40. The summed E-state index contributed by atoms with van der Waals surface area (Å²) < 4.78 is 2.25. The van der Waals surface area contributed by atoms with Crippen molar-refractivity contribution < 1.29 is 4.79 Å². The number of ketones is 1. The van der Waals surface area contributed by atoms with E-state index in [9.17, 15) is 4.79 Å². The van der Waals surface area contributed by atoms with Gasteiger partial charge in [-0.2, -0.15) is 0 Å². The number of carbonyl (C=O) groups is 1. The Morgan fingerprint density at radius 1 is 1.04 bits per heavy atom. The number of alkyl halides is 1. The smallest absolute Gasteiger partial charge is 0.165 e. The highest BCUT2D eigenvalue weighted by Crippen LogP contribution is 2.26. The number of Topliss-reactive ketones (excluding diaryl/α,β-unsaturated/α-hetero) is 1. The van der Waals surface area contributed by atoms with Crippen LogP contribution in [0.1, 0.15) is 40.2 Å². The van der Waals surface area contributed by atoms with Gasteiger partial charge in [-0.15, -0.1) is 11.6 Å². The van der Waals surface area contributed by atoms with E-state index in [1.165, 1.54) is 5.56 Å². The van der Waals surface area contributed by atoms with Gasteiger partial charge in [0.25, 0.3) is 0 Å². The van der Waals surface area contributed by atoms with Crippen LogP contribution in [0.2, 0.25) is 0 Å². The molecular weight excluding hydrogens is 320 g/mol. The van der Waals surface area contributed by atoms with Crippen molar-refractivity contribution in [3.05, 3.63) is 65.0 Å². The zero-order valence-electron chi connectivity index (χ0n) is 13.5. The summed E-state index contributed by atoms with van der Waals surface area (Å²) in [6.45, 7) is 0.875. The van der Waals surface area contributed by atoms with Crippen LogP contribution in [0, 0.1) is 0 Å². The van der Waals surface area contributed by atoms with Gasteiger partial charge in [-0.3, -0.25) is 4.79 Å². The molecule has 24 heavy (non-hydrogen) atoms. The standard InChI is InChI=1S/C20H19ClN2O/c21-13-15-8-6-14(7-9-15)10-11-19-22-17-4-1-3-16-18(24)5-2-12-23(19)20(16)17/h1,3-4,6-9H,2,5,10-13H2. The molecule has 4 rings (SSSR count). The van der Waals surface area contributed by atoms with Gasteiger partial charge in [0.1, 0.15) is 5.82 Å². The number of hydrogen-bond donors (Lipinski definition) is 0. The third kappa shape index (κ3) is 2.73. The van der Waals surface area contributed by atoms with Crippen molar-refractivity contribution in [3.63, 3.8) is 0 Å². The first-order valence-corrected chi connectivity index (χ1v) is 8.95. The second-order valence-electron chi connectivity index (χ2n) is 6.33. The number of para-hydroxylation sites is 1. The minimum absolute atomic E-state index is 0.238. The predicted molar refractivity (Wildman–Crippen MR) is 96.7 cm³/mol. The van der Waals surface area contributed by atoms with Crippen LogP contribution in [0.5, 0.6) is 0 Å². The fraction of sp³-hybridized carbons (Fsp3) is 0.300. The van der Waals surface area contributed by atoms with Crippen molar-refractivity contribution in [2.24, 2.45) is 0 Å². The number of hydrogen-bond acceptors (Lipinski definition) is 2. The Labute approximate surface area is 146 Å². The van der Waals surface area contributed by atoms with Gasteiger partial charge in [0.05, 0.1) is 11.0 Å². The number of carbonyl (C=O) groups excluding carboxylic acids is 1. The third-order valence-corrected chi connectivity index (χ3v) is 5.05. The number of halogens is 1. The van der Waals surface area contributed by atoms with Crippen molar-refractivity contribution in [3.8, 4) is 0 Å². The van der Waals surface area contributed by atoms with Gasteiger partial charge in [0.2, 0.25) is 0 Å². The van der Waals surface area contributed by atoms with E-state index in [2.05, 4.69) is 28.8 Å². The summed E-state index contributed by atoms with van der Waals surface area (Å²) in [5.74, 6) is 1.86. The molecule has 1 aromatic heterocycles. The lowest BCUT2D eigenvalue weighted by molar-refractivity contribution is 0.0982. The summed E-state index contributed by atoms with van der Waals surface area (Å²) in [7, 11) is 0. The lowest BCUT2D eigenvalue weighted by Gasteiger charge is -2.08. The minimum atomic E-state index is 0.238. The molecule has 0 saturated carbocycles. The number of aryl methyl sites for hydroxylation is 3. The van der Waals surface area contributed by atoms with Crippen molar-refractivity contribution in [1.82, 2.24) is 9.55 Å². The molecule has 2 aromatic carbocycles. The summed E-state index contributed by atoms with van der Waals surface area (Å²) in [6.07, 6.45) is 3.33. The molecule has 2 heterocycles. The Kier molecular flexibility index (Phi) is 4.11. The number of aromatic nitrogens is 2. The Morgan fingerprint density at radius 3 is 2.62 bits per heavy atom. The van der Waals surface area contributed by atoms with Crippen LogP contribution in [0.3, 0.4) is 0 Å². The SMILES string of the molecule is O=C1CCCn2c(CCc3ccc(CCl)cc3)nc3cccc1c32. The van der Waals surface area contributed by atoms with Crippen LogP contribution in [0.15, 0.2) is 42.5 Å². The maximum Gasteiger partial charge on any atom is 0.165 e. The van der Waals surface area contributed by atoms with E-state index in [-0.39, 0.29) is 5.78 Å². The van der Waals surface area contributed by atoms with E-state index in [0.717, 1.165) is 53.8 Å². The molecule has 0 atom stereocenters. The van der Waals surface area contributed by atoms with E-state index in [0.29, 0.717) is 12.3 Å². The van der Waals surface area contributed by atoms with E-state index < -0.39 is 0 Å². The lowest BCUT2D eigenvalue weighted by Crippen LogP contribution is -2.05. The average Bonchev–Trinajstić information content (AvgIpc) is 2.88. The quantitative estimate of drug-likeness (QED) is 0.655. The van der Waals surface area contributed by atoms with Gasteiger partial charge in [0.15, 0.2) is 5.78 Å². The number of rotatable bonds is 4. The van der Waals surface area contributed by atoms with E-state index in [1.807, 2.05) is 18.2 Å². The molecule has 1 aliphatic heterocycles. The first-order chi connectivity index (χ1) is 11.8. The van der Waals surface area contributed by atoms with Crippen molar-refractivity contribution in [2.45, 2.75) is 38.1 Å². The molecule has 0 unspecified atom stereocenters. The van der Waals surface area contributed by atoms with Crippen molar-refractivity contribution in [2.75, 3.05) is 0 Å². The highest BCUT2D eigenvalue weighted by molar-refractivity contribution is 6.17. The molecule has 0 bridgehead atoms. The monoisotopic (exact) mass is 338 g/mol. The molecule has 0 N–H and O–H groups in total. The van der Waals surface area contributed by atoms with E-state index in [4.69, 9.17) is 16.6 Å². The van der Waals surface area contributed by atoms with Gasteiger partial charge in [-0.05, 0) is 36.1 Å². The Hall–Kier alpha value is -2.13. The highest BCUT2D eigenvalue weighted by atomic mass is 35.5. The van der Waals surface area contributed by atoms with Gasteiger partial charge >= 0.3 is 0 Å². The third-order valence-electron chi connectivity index (χ3n) is 4.75. The fourth-order valence-electron chi connectivity index (χ4n) is 3.47. The summed E-state index contributed by atoms with van der Waals surface area (Å²) in [4.78, 5) is 17.1. The molecule has 0 saturated heterocycles. The number of imidazole rings is 1. The number of nitrogens with zero attached hydrogens (tertiary/aromatic N) is 2. The molecule has 0 amide bonds. The molecule has 0 fully saturated rings. The molecule has 1 aliphatic rings. The lowest BCUT2D eigenvalue weighted by atomic mass is 10.1. The van der Waals surface area contributed by atoms with Crippen LogP contribution in [0.4, 0.5) is 0 Å². The molecular formula is C20H19ClN2O. The number of benzene rings is 2. The second-order valence-corrected chi connectivity index (χ2v) is 6.60. The van der Waals surface area contributed by atoms with Gasteiger partial charge in [0, 0.05) is 30.8 Å². The van der Waals surface area contributed by atoms with Crippen LogP contribution < -0.4 is 0 Å². The molecule has 122 valence electrons. The van der Waals surface area contributed by atoms with E-state index in [1.54, 1.807) is 0 Å².